The molecule has 0 aromatic carbocycles. The molecule has 0 aromatic rings. The first kappa shape index (κ1) is 14.7. The van der Waals surface area contributed by atoms with Gasteiger partial charge >= 0.3 is 5.97 Å². The Kier molecular flexibility index (Phi) is 4.94. The SMILES string of the molecule is CCC(C)C1=CCC=C(C(=O)OC(C)(C)C)C=C1. The van der Waals surface area contributed by atoms with Gasteiger partial charge in [0.2, 0.25) is 0 Å². The van der Waals surface area contributed by atoms with Gasteiger partial charge in [0, 0.05) is 0 Å². The van der Waals surface area contributed by atoms with Gasteiger partial charge < -0.3 is 4.74 Å². The smallest absolute Gasteiger partial charge is 0.338 e. The number of hydrogen-bond acceptors (Lipinski definition) is 2. The van der Waals surface area contributed by atoms with Gasteiger partial charge in [0.05, 0.1) is 5.57 Å². The standard InChI is InChI=1S/C16H24O2/c1-6-12(2)13-8-7-9-14(11-10-13)15(17)18-16(3,4)5/h8-12H,6-7H2,1-5H3. The minimum Gasteiger partial charge on any atom is -0.456 e. The molecule has 0 aromatic heterocycles. The molecule has 1 aliphatic rings. The third kappa shape index (κ3) is 4.52. The van der Waals surface area contributed by atoms with Crippen molar-refractivity contribution in [2.45, 2.75) is 53.1 Å². The number of carbonyl (C=O) groups is 1. The lowest BCUT2D eigenvalue weighted by Crippen LogP contribution is -2.24. The summed E-state index contributed by atoms with van der Waals surface area (Å²) in [4.78, 5) is 11.9. The van der Waals surface area contributed by atoms with Crippen molar-refractivity contribution < 1.29 is 9.53 Å². The second-order valence-corrected chi connectivity index (χ2v) is 5.74. The average Bonchev–Trinajstić information content (AvgIpc) is 2.51. The normalized spacial score (nSPS) is 17.6. The third-order valence-electron chi connectivity index (χ3n) is 2.96. The Morgan fingerprint density at radius 1 is 1.33 bits per heavy atom. The highest BCUT2D eigenvalue weighted by Gasteiger charge is 2.19. The van der Waals surface area contributed by atoms with Crippen molar-refractivity contribution in [3.8, 4) is 0 Å². The summed E-state index contributed by atoms with van der Waals surface area (Å²) in [6.07, 6.45) is 9.93. The Balaban J connectivity index is 2.73. The van der Waals surface area contributed by atoms with Gasteiger partial charge in [-0.15, -0.1) is 0 Å². The van der Waals surface area contributed by atoms with E-state index in [1.165, 1.54) is 5.57 Å². The van der Waals surface area contributed by atoms with Crippen LogP contribution in [0.5, 0.6) is 0 Å². The fourth-order valence-corrected chi connectivity index (χ4v) is 1.73. The van der Waals surface area contributed by atoms with E-state index in [1.807, 2.05) is 39.0 Å². The summed E-state index contributed by atoms with van der Waals surface area (Å²) in [6.45, 7) is 10.0. The van der Waals surface area contributed by atoms with Crippen LogP contribution < -0.4 is 0 Å². The highest BCUT2D eigenvalue weighted by molar-refractivity contribution is 5.92. The van der Waals surface area contributed by atoms with E-state index in [-0.39, 0.29) is 5.97 Å². The number of hydrogen-bond donors (Lipinski definition) is 0. The predicted octanol–water partition coefficient (Wildman–Crippen LogP) is 4.19. The second kappa shape index (κ2) is 6.03. The van der Waals surface area contributed by atoms with Crippen molar-refractivity contribution in [1.82, 2.24) is 0 Å². The third-order valence-corrected chi connectivity index (χ3v) is 2.96. The second-order valence-electron chi connectivity index (χ2n) is 5.74. The molecule has 0 N–H and O–H groups in total. The first-order valence-corrected chi connectivity index (χ1v) is 6.65. The summed E-state index contributed by atoms with van der Waals surface area (Å²) in [5, 5.41) is 0. The Morgan fingerprint density at radius 3 is 2.56 bits per heavy atom. The molecule has 0 heterocycles. The zero-order chi connectivity index (χ0) is 13.8. The predicted molar refractivity (Wildman–Crippen MR) is 75.2 cm³/mol. The molecule has 0 spiro atoms. The molecular weight excluding hydrogens is 224 g/mol. The van der Waals surface area contributed by atoms with Gasteiger partial charge in [-0.1, -0.05) is 32.1 Å². The van der Waals surface area contributed by atoms with Crippen LogP contribution in [0.25, 0.3) is 0 Å². The molecule has 100 valence electrons. The van der Waals surface area contributed by atoms with E-state index in [2.05, 4.69) is 19.9 Å². The summed E-state index contributed by atoms with van der Waals surface area (Å²) in [5.41, 5.74) is 1.51. The minimum absolute atomic E-state index is 0.238. The van der Waals surface area contributed by atoms with Crippen LogP contribution in [0.4, 0.5) is 0 Å². The van der Waals surface area contributed by atoms with Crippen molar-refractivity contribution >= 4 is 5.97 Å². The zero-order valence-electron chi connectivity index (χ0n) is 12.1. The van der Waals surface area contributed by atoms with Crippen LogP contribution >= 0.6 is 0 Å². The van der Waals surface area contributed by atoms with Gasteiger partial charge in [-0.25, -0.2) is 4.79 Å². The fourth-order valence-electron chi connectivity index (χ4n) is 1.73. The Hall–Kier alpha value is -1.31. The summed E-state index contributed by atoms with van der Waals surface area (Å²) in [6, 6.07) is 0. The first-order chi connectivity index (χ1) is 8.33. The van der Waals surface area contributed by atoms with Crippen LogP contribution in [-0.2, 0) is 9.53 Å². The number of allylic oxidation sites excluding steroid dienone is 4. The largest absolute Gasteiger partial charge is 0.456 e. The fraction of sp³-hybridized carbons (Fsp3) is 0.562. The van der Waals surface area contributed by atoms with Gasteiger partial charge in [-0.3, -0.25) is 0 Å². The first-order valence-electron chi connectivity index (χ1n) is 6.65. The Bertz CT molecular complexity index is 392. The summed E-state index contributed by atoms with van der Waals surface area (Å²) in [5.74, 6) is 0.296. The Morgan fingerprint density at radius 2 is 2.00 bits per heavy atom. The minimum atomic E-state index is -0.439. The molecular formula is C16H24O2. The van der Waals surface area contributed by atoms with Gasteiger partial charge in [0.15, 0.2) is 0 Å². The lowest BCUT2D eigenvalue weighted by atomic mass is 9.97. The zero-order valence-corrected chi connectivity index (χ0v) is 12.1. The molecule has 18 heavy (non-hydrogen) atoms. The highest BCUT2D eigenvalue weighted by atomic mass is 16.6. The van der Waals surface area contributed by atoms with Crippen LogP contribution in [-0.4, -0.2) is 11.6 Å². The number of esters is 1. The molecule has 0 saturated heterocycles. The van der Waals surface area contributed by atoms with E-state index >= 15 is 0 Å². The molecule has 2 heteroatoms. The molecule has 0 fully saturated rings. The molecule has 2 nitrogen and oxygen atoms in total. The molecule has 0 amide bonds. The maximum Gasteiger partial charge on any atom is 0.338 e. The maximum atomic E-state index is 11.9. The highest BCUT2D eigenvalue weighted by Crippen LogP contribution is 2.21. The van der Waals surface area contributed by atoms with Crippen molar-refractivity contribution in [2.24, 2.45) is 5.92 Å². The van der Waals surface area contributed by atoms with Crippen LogP contribution in [0.2, 0.25) is 0 Å². The molecule has 0 radical (unpaired) electrons. The maximum absolute atomic E-state index is 11.9. The molecule has 0 saturated carbocycles. The summed E-state index contributed by atoms with van der Waals surface area (Å²) < 4.78 is 5.37. The van der Waals surface area contributed by atoms with E-state index in [9.17, 15) is 4.79 Å². The van der Waals surface area contributed by atoms with E-state index in [0.29, 0.717) is 11.5 Å². The van der Waals surface area contributed by atoms with Crippen LogP contribution in [0.3, 0.4) is 0 Å². The van der Waals surface area contributed by atoms with E-state index < -0.39 is 5.60 Å². The van der Waals surface area contributed by atoms with Gasteiger partial charge in [-0.05, 0) is 51.2 Å². The monoisotopic (exact) mass is 248 g/mol. The van der Waals surface area contributed by atoms with Crippen molar-refractivity contribution in [2.75, 3.05) is 0 Å². The van der Waals surface area contributed by atoms with Crippen LogP contribution in [0, 0.1) is 5.92 Å². The molecule has 0 bridgehead atoms. The van der Waals surface area contributed by atoms with E-state index in [4.69, 9.17) is 4.74 Å². The quantitative estimate of drug-likeness (QED) is 0.700. The molecule has 1 atom stereocenters. The van der Waals surface area contributed by atoms with E-state index in [0.717, 1.165) is 12.8 Å². The van der Waals surface area contributed by atoms with Gasteiger partial charge in [0.1, 0.15) is 5.60 Å². The Labute approximate surface area is 110 Å². The van der Waals surface area contributed by atoms with E-state index in [1.54, 1.807) is 0 Å². The average molecular weight is 248 g/mol. The van der Waals surface area contributed by atoms with Gasteiger partial charge in [0.25, 0.3) is 0 Å². The van der Waals surface area contributed by atoms with Crippen LogP contribution in [0.15, 0.2) is 35.5 Å². The number of ether oxygens (including phenoxy) is 1. The number of rotatable bonds is 3. The summed E-state index contributed by atoms with van der Waals surface area (Å²) in [7, 11) is 0. The molecule has 1 aliphatic carbocycles. The topological polar surface area (TPSA) is 26.3 Å². The lowest BCUT2D eigenvalue weighted by molar-refractivity contribution is -0.149. The van der Waals surface area contributed by atoms with Crippen LogP contribution in [0.1, 0.15) is 47.5 Å². The van der Waals surface area contributed by atoms with Crippen molar-refractivity contribution in [1.29, 1.82) is 0 Å². The lowest BCUT2D eigenvalue weighted by Gasteiger charge is -2.19. The summed E-state index contributed by atoms with van der Waals surface area (Å²) >= 11 is 0. The van der Waals surface area contributed by atoms with Crippen molar-refractivity contribution in [3.63, 3.8) is 0 Å². The number of carbonyl (C=O) groups excluding carboxylic acids is 1. The molecule has 1 unspecified atom stereocenters. The van der Waals surface area contributed by atoms with Gasteiger partial charge in [-0.2, -0.15) is 0 Å². The molecule has 0 aliphatic heterocycles. The van der Waals surface area contributed by atoms with Crippen molar-refractivity contribution in [3.05, 3.63) is 35.5 Å². The molecule has 1 rings (SSSR count).